The highest BCUT2D eigenvalue weighted by Gasteiger charge is 2.15. The van der Waals surface area contributed by atoms with E-state index in [1.807, 2.05) is 42.6 Å². The van der Waals surface area contributed by atoms with Crippen LogP contribution in [0.1, 0.15) is 12.8 Å². The van der Waals surface area contributed by atoms with Gasteiger partial charge in [0, 0.05) is 17.8 Å². The van der Waals surface area contributed by atoms with Crippen LogP contribution in [0.4, 0.5) is 5.69 Å². The molecular formula is C14H16N2. The molecule has 2 rings (SSSR count). The van der Waals surface area contributed by atoms with Crippen molar-refractivity contribution in [3.63, 3.8) is 0 Å². The third kappa shape index (κ3) is 2.60. The monoisotopic (exact) mass is 212 g/mol. The quantitative estimate of drug-likeness (QED) is 0.760. The molecule has 0 spiro atoms. The molecule has 0 saturated heterocycles. The molecule has 0 fully saturated rings. The molecule has 0 aromatic heterocycles. The molecule has 1 aromatic rings. The van der Waals surface area contributed by atoms with Gasteiger partial charge in [0.25, 0.3) is 0 Å². The highest BCUT2D eigenvalue weighted by molar-refractivity contribution is 5.98. The number of rotatable bonds is 3. The van der Waals surface area contributed by atoms with Gasteiger partial charge in [-0.15, -0.1) is 6.58 Å². The van der Waals surface area contributed by atoms with E-state index in [0.717, 1.165) is 24.4 Å². The highest BCUT2D eigenvalue weighted by atomic mass is 15.0. The van der Waals surface area contributed by atoms with E-state index < -0.39 is 0 Å². The highest BCUT2D eigenvalue weighted by Crippen LogP contribution is 2.18. The Labute approximate surface area is 96.4 Å². The van der Waals surface area contributed by atoms with Gasteiger partial charge in [-0.25, -0.2) is 4.99 Å². The number of para-hydroxylation sites is 1. The number of allylic oxidation sites excluding steroid dienone is 2. The Balaban J connectivity index is 2.10. The van der Waals surface area contributed by atoms with Crippen molar-refractivity contribution < 1.29 is 0 Å². The van der Waals surface area contributed by atoms with Crippen LogP contribution in [0.3, 0.4) is 0 Å². The zero-order valence-corrected chi connectivity index (χ0v) is 9.26. The maximum Gasteiger partial charge on any atom is 0.110 e. The minimum absolute atomic E-state index is 0.433. The largest absolute Gasteiger partial charge is 0.344 e. The van der Waals surface area contributed by atoms with Gasteiger partial charge in [-0.05, 0) is 25.0 Å². The van der Waals surface area contributed by atoms with E-state index in [0.29, 0.717) is 5.92 Å². The fourth-order valence-electron chi connectivity index (χ4n) is 1.79. The molecule has 0 radical (unpaired) electrons. The van der Waals surface area contributed by atoms with Crippen molar-refractivity contribution in [2.45, 2.75) is 12.8 Å². The molecule has 0 saturated carbocycles. The van der Waals surface area contributed by atoms with Gasteiger partial charge in [-0.3, -0.25) is 0 Å². The van der Waals surface area contributed by atoms with Gasteiger partial charge in [0.15, 0.2) is 0 Å². The Morgan fingerprint density at radius 1 is 1.38 bits per heavy atom. The number of nitrogens with zero attached hydrogens (tertiary/aromatic N) is 1. The van der Waals surface area contributed by atoms with E-state index in [2.05, 4.69) is 23.0 Å². The summed E-state index contributed by atoms with van der Waals surface area (Å²) in [5.41, 5.74) is 1.09. The molecule has 1 aliphatic heterocycles. The van der Waals surface area contributed by atoms with Crippen molar-refractivity contribution in [3.8, 4) is 0 Å². The standard InChI is InChI=1S/C14H16N2/c1-2-7-12-8-6-11-15-14(12)16-13-9-4-3-5-10-13/h2-6,9-12H,1,7-8H2,(H,15,16). The summed E-state index contributed by atoms with van der Waals surface area (Å²) in [7, 11) is 0. The molecule has 16 heavy (non-hydrogen) atoms. The fourth-order valence-corrected chi connectivity index (χ4v) is 1.79. The summed E-state index contributed by atoms with van der Waals surface area (Å²) in [6, 6.07) is 10.1. The fraction of sp³-hybridized carbons (Fsp3) is 0.214. The first-order valence-electron chi connectivity index (χ1n) is 5.56. The number of benzene rings is 1. The van der Waals surface area contributed by atoms with Gasteiger partial charge in [0.05, 0.1) is 0 Å². The van der Waals surface area contributed by atoms with E-state index >= 15 is 0 Å². The summed E-state index contributed by atoms with van der Waals surface area (Å²) in [4.78, 5) is 4.40. The van der Waals surface area contributed by atoms with E-state index in [1.165, 1.54) is 0 Å². The van der Waals surface area contributed by atoms with Crippen LogP contribution in [0.5, 0.6) is 0 Å². The van der Waals surface area contributed by atoms with Crippen LogP contribution < -0.4 is 5.32 Å². The zero-order chi connectivity index (χ0) is 11.2. The Morgan fingerprint density at radius 2 is 2.19 bits per heavy atom. The lowest BCUT2D eigenvalue weighted by molar-refractivity contribution is 0.706. The van der Waals surface area contributed by atoms with Crippen molar-refractivity contribution in [2.75, 3.05) is 5.32 Å². The summed E-state index contributed by atoms with van der Waals surface area (Å²) in [5, 5.41) is 3.37. The predicted molar refractivity (Wildman–Crippen MR) is 69.6 cm³/mol. The van der Waals surface area contributed by atoms with Gasteiger partial charge in [-0.1, -0.05) is 30.4 Å². The minimum atomic E-state index is 0.433. The van der Waals surface area contributed by atoms with E-state index in [-0.39, 0.29) is 0 Å². The van der Waals surface area contributed by atoms with E-state index in [9.17, 15) is 0 Å². The molecule has 1 aromatic carbocycles. The van der Waals surface area contributed by atoms with Crippen LogP contribution in [0.25, 0.3) is 0 Å². The molecule has 0 bridgehead atoms. The molecule has 1 unspecified atom stereocenters. The molecular weight excluding hydrogens is 196 g/mol. The van der Waals surface area contributed by atoms with Crippen molar-refractivity contribution in [3.05, 3.63) is 55.3 Å². The van der Waals surface area contributed by atoms with Gasteiger partial charge < -0.3 is 5.32 Å². The Hall–Kier alpha value is -1.83. The SMILES string of the molecule is C=CCC1CC=CN=C1Nc1ccccc1. The lowest BCUT2D eigenvalue weighted by atomic mass is 9.98. The van der Waals surface area contributed by atoms with Gasteiger partial charge >= 0.3 is 0 Å². The molecule has 1 heterocycles. The van der Waals surface area contributed by atoms with Gasteiger partial charge in [0.2, 0.25) is 0 Å². The average Bonchev–Trinajstić information content (AvgIpc) is 2.33. The smallest absolute Gasteiger partial charge is 0.110 e. The summed E-state index contributed by atoms with van der Waals surface area (Å²) < 4.78 is 0. The number of nitrogens with one attached hydrogen (secondary N) is 1. The van der Waals surface area contributed by atoms with Crippen LogP contribution in [0, 0.1) is 5.92 Å². The first-order valence-corrected chi connectivity index (χ1v) is 5.56. The van der Waals surface area contributed by atoms with Crippen LogP contribution in [-0.2, 0) is 0 Å². The number of amidine groups is 1. The summed E-state index contributed by atoms with van der Waals surface area (Å²) >= 11 is 0. The van der Waals surface area contributed by atoms with Crippen LogP contribution in [0.15, 0.2) is 60.3 Å². The van der Waals surface area contributed by atoms with Gasteiger partial charge in [0.1, 0.15) is 5.84 Å². The number of hydrogen-bond donors (Lipinski definition) is 1. The van der Waals surface area contributed by atoms with Crippen LogP contribution in [-0.4, -0.2) is 5.84 Å². The predicted octanol–water partition coefficient (Wildman–Crippen LogP) is 3.61. The number of anilines is 1. The molecule has 2 heteroatoms. The van der Waals surface area contributed by atoms with Crippen molar-refractivity contribution in [2.24, 2.45) is 10.9 Å². The summed E-state index contributed by atoms with van der Waals surface area (Å²) in [5.74, 6) is 1.47. The topological polar surface area (TPSA) is 24.4 Å². The zero-order valence-electron chi connectivity index (χ0n) is 9.26. The second kappa shape index (κ2) is 5.31. The molecule has 1 atom stereocenters. The number of hydrogen-bond acceptors (Lipinski definition) is 2. The summed E-state index contributed by atoms with van der Waals surface area (Å²) in [6.45, 7) is 3.79. The molecule has 82 valence electrons. The third-order valence-electron chi connectivity index (χ3n) is 2.62. The van der Waals surface area contributed by atoms with Crippen molar-refractivity contribution >= 4 is 11.5 Å². The molecule has 1 aliphatic rings. The molecule has 0 aliphatic carbocycles. The van der Waals surface area contributed by atoms with Gasteiger partial charge in [-0.2, -0.15) is 0 Å². The van der Waals surface area contributed by atoms with E-state index in [1.54, 1.807) is 0 Å². The first kappa shape index (κ1) is 10.7. The molecule has 2 nitrogen and oxygen atoms in total. The molecule has 0 amide bonds. The normalized spacial score (nSPS) is 19.0. The second-order valence-corrected chi connectivity index (χ2v) is 3.85. The van der Waals surface area contributed by atoms with E-state index in [4.69, 9.17) is 0 Å². The first-order chi connectivity index (χ1) is 7.90. The lowest BCUT2D eigenvalue weighted by Crippen LogP contribution is -2.23. The van der Waals surface area contributed by atoms with Crippen molar-refractivity contribution in [1.29, 1.82) is 0 Å². The van der Waals surface area contributed by atoms with Crippen LogP contribution in [0.2, 0.25) is 0 Å². The minimum Gasteiger partial charge on any atom is -0.344 e. The summed E-state index contributed by atoms with van der Waals surface area (Å²) in [6.07, 6.45) is 7.91. The molecule has 1 N–H and O–H groups in total. The second-order valence-electron chi connectivity index (χ2n) is 3.85. The Morgan fingerprint density at radius 3 is 2.94 bits per heavy atom. The maximum absolute atomic E-state index is 4.40. The van der Waals surface area contributed by atoms with Crippen molar-refractivity contribution in [1.82, 2.24) is 0 Å². The lowest BCUT2D eigenvalue weighted by Gasteiger charge is -2.20. The Bertz CT molecular complexity index is 402. The van der Waals surface area contributed by atoms with Crippen LogP contribution >= 0.6 is 0 Å². The third-order valence-corrected chi connectivity index (χ3v) is 2.62. The Kier molecular flexibility index (Phi) is 3.54. The average molecular weight is 212 g/mol. The maximum atomic E-state index is 4.40. The number of aliphatic imine (C=N–C) groups is 1.